The third kappa shape index (κ3) is 3.30. The van der Waals surface area contributed by atoms with Crippen LogP contribution in [0.3, 0.4) is 0 Å². The zero-order chi connectivity index (χ0) is 15.5. The van der Waals surface area contributed by atoms with E-state index in [1.165, 1.54) is 0 Å². The van der Waals surface area contributed by atoms with E-state index in [2.05, 4.69) is 15.5 Å². The summed E-state index contributed by atoms with van der Waals surface area (Å²) in [6, 6.07) is 10.1. The summed E-state index contributed by atoms with van der Waals surface area (Å²) >= 11 is 1.57. The van der Waals surface area contributed by atoms with Gasteiger partial charge in [-0.25, -0.2) is 4.68 Å². The van der Waals surface area contributed by atoms with Crippen molar-refractivity contribution in [2.75, 3.05) is 11.9 Å². The van der Waals surface area contributed by atoms with Crippen LogP contribution in [0.4, 0.5) is 5.69 Å². The molecule has 1 fully saturated rings. The van der Waals surface area contributed by atoms with Crippen LogP contribution < -0.4 is 4.90 Å². The topological polar surface area (TPSA) is 63.9 Å². The summed E-state index contributed by atoms with van der Waals surface area (Å²) in [7, 11) is 1.81. The van der Waals surface area contributed by atoms with Gasteiger partial charge in [0.1, 0.15) is 0 Å². The molecule has 1 amide bonds. The minimum atomic E-state index is -0.144. The monoisotopic (exact) mass is 317 g/mol. The molecule has 0 saturated heterocycles. The Hall–Kier alpha value is -1.89. The van der Waals surface area contributed by atoms with E-state index in [1.807, 2.05) is 49.0 Å². The molecule has 116 valence electrons. The SMILES string of the molecule is C[C@H](SCc1nnnn1C1CC1)C(=O)N(C)c1ccccc1. The van der Waals surface area contributed by atoms with Gasteiger partial charge in [0.25, 0.3) is 0 Å². The van der Waals surface area contributed by atoms with Gasteiger partial charge in [-0.3, -0.25) is 4.79 Å². The molecule has 7 heteroatoms. The standard InChI is InChI=1S/C15H19N5OS/c1-11(15(21)19(2)12-6-4-3-5-7-12)22-10-14-16-17-18-20(14)13-8-9-13/h3-7,11,13H,8-10H2,1-2H3/t11-/m0/s1. The molecule has 0 spiro atoms. The van der Waals surface area contributed by atoms with Gasteiger partial charge in [-0.05, 0) is 42.3 Å². The van der Waals surface area contributed by atoms with Crippen molar-refractivity contribution in [2.24, 2.45) is 0 Å². The molecule has 1 saturated carbocycles. The minimum absolute atomic E-state index is 0.0849. The lowest BCUT2D eigenvalue weighted by Crippen LogP contribution is -2.33. The number of nitrogens with zero attached hydrogens (tertiary/aromatic N) is 5. The number of amides is 1. The molecule has 2 aromatic rings. The van der Waals surface area contributed by atoms with Crippen LogP contribution >= 0.6 is 11.8 Å². The van der Waals surface area contributed by atoms with E-state index in [0.717, 1.165) is 24.4 Å². The first-order valence-corrected chi connectivity index (χ1v) is 8.42. The summed E-state index contributed by atoms with van der Waals surface area (Å²) in [6.07, 6.45) is 2.29. The van der Waals surface area contributed by atoms with E-state index < -0.39 is 0 Å². The highest BCUT2D eigenvalue weighted by Crippen LogP contribution is 2.35. The number of benzene rings is 1. The average Bonchev–Trinajstić information content (AvgIpc) is 3.30. The second-order valence-electron chi connectivity index (χ2n) is 5.46. The maximum Gasteiger partial charge on any atom is 0.239 e. The van der Waals surface area contributed by atoms with Crippen molar-refractivity contribution in [3.8, 4) is 0 Å². The molecular formula is C15H19N5OS. The molecule has 0 aliphatic heterocycles. The number of thioether (sulfide) groups is 1. The van der Waals surface area contributed by atoms with E-state index in [1.54, 1.807) is 16.7 Å². The summed E-state index contributed by atoms with van der Waals surface area (Å²) in [4.78, 5) is 14.2. The molecule has 1 aliphatic rings. The minimum Gasteiger partial charge on any atom is -0.315 e. The van der Waals surface area contributed by atoms with E-state index in [0.29, 0.717) is 11.8 Å². The van der Waals surface area contributed by atoms with Crippen LogP contribution in [0.2, 0.25) is 0 Å². The van der Waals surface area contributed by atoms with Gasteiger partial charge in [0.15, 0.2) is 5.82 Å². The van der Waals surface area contributed by atoms with Crippen LogP contribution in [0.5, 0.6) is 0 Å². The Kier molecular flexibility index (Phi) is 4.42. The lowest BCUT2D eigenvalue weighted by Gasteiger charge is -2.21. The lowest BCUT2D eigenvalue weighted by molar-refractivity contribution is -0.117. The molecule has 1 heterocycles. The first-order valence-electron chi connectivity index (χ1n) is 7.38. The van der Waals surface area contributed by atoms with Gasteiger partial charge in [-0.15, -0.1) is 16.9 Å². The van der Waals surface area contributed by atoms with Crippen LogP contribution in [0, 0.1) is 0 Å². The number of carbonyl (C=O) groups is 1. The van der Waals surface area contributed by atoms with E-state index in [-0.39, 0.29) is 11.2 Å². The molecule has 0 unspecified atom stereocenters. The smallest absolute Gasteiger partial charge is 0.239 e. The van der Waals surface area contributed by atoms with E-state index in [9.17, 15) is 4.79 Å². The third-order valence-electron chi connectivity index (χ3n) is 3.74. The Balaban J connectivity index is 1.58. The summed E-state index contributed by atoms with van der Waals surface area (Å²) < 4.78 is 1.89. The summed E-state index contributed by atoms with van der Waals surface area (Å²) in [5, 5.41) is 11.7. The Bertz CT molecular complexity index is 640. The quantitative estimate of drug-likeness (QED) is 0.818. The van der Waals surface area contributed by atoms with Gasteiger partial charge in [-0.1, -0.05) is 18.2 Å². The van der Waals surface area contributed by atoms with Gasteiger partial charge in [0, 0.05) is 12.7 Å². The second-order valence-corrected chi connectivity index (χ2v) is 6.79. The Morgan fingerprint density at radius 1 is 1.41 bits per heavy atom. The molecule has 0 N–H and O–H groups in total. The molecule has 1 aromatic carbocycles. The van der Waals surface area contributed by atoms with Crippen LogP contribution in [0.25, 0.3) is 0 Å². The number of aromatic nitrogens is 4. The van der Waals surface area contributed by atoms with Crippen LogP contribution in [-0.4, -0.2) is 38.4 Å². The molecule has 6 nitrogen and oxygen atoms in total. The fourth-order valence-corrected chi connectivity index (χ4v) is 3.12. The van der Waals surface area contributed by atoms with Gasteiger partial charge in [0.2, 0.25) is 5.91 Å². The Morgan fingerprint density at radius 3 is 2.82 bits per heavy atom. The summed E-state index contributed by atoms with van der Waals surface area (Å²) in [5.74, 6) is 1.59. The maximum atomic E-state index is 12.5. The number of carbonyl (C=O) groups excluding carboxylic acids is 1. The van der Waals surface area contributed by atoms with Crippen molar-refractivity contribution in [2.45, 2.75) is 36.8 Å². The zero-order valence-corrected chi connectivity index (χ0v) is 13.5. The fraction of sp³-hybridized carbons (Fsp3) is 0.467. The van der Waals surface area contributed by atoms with Gasteiger partial charge in [-0.2, -0.15) is 0 Å². The van der Waals surface area contributed by atoms with Crippen molar-refractivity contribution < 1.29 is 4.79 Å². The Morgan fingerprint density at radius 2 is 2.14 bits per heavy atom. The highest BCUT2D eigenvalue weighted by Gasteiger charge is 2.28. The zero-order valence-electron chi connectivity index (χ0n) is 12.7. The molecule has 0 radical (unpaired) electrons. The highest BCUT2D eigenvalue weighted by atomic mass is 32.2. The Labute approximate surface area is 133 Å². The van der Waals surface area contributed by atoms with Crippen molar-refractivity contribution in [1.82, 2.24) is 20.2 Å². The van der Waals surface area contributed by atoms with Crippen molar-refractivity contribution in [3.63, 3.8) is 0 Å². The van der Waals surface area contributed by atoms with Gasteiger partial charge < -0.3 is 4.90 Å². The molecule has 22 heavy (non-hydrogen) atoms. The number of hydrogen-bond acceptors (Lipinski definition) is 5. The van der Waals surface area contributed by atoms with Crippen LogP contribution in [0.1, 0.15) is 31.6 Å². The summed E-state index contributed by atoms with van der Waals surface area (Å²) in [5.41, 5.74) is 0.905. The van der Waals surface area contributed by atoms with Crippen molar-refractivity contribution in [1.29, 1.82) is 0 Å². The molecule has 1 aliphatic carbocycles. The largest absolute Gasteiger partial charge is 0.315 e. The normalized spacial score (nSPS) is 15.5. The fourth-order valence-electron chi connectivity index (χ4n) is 2.23. The molecule has 0 bridgehead atoms. The molecule has 1 atom stereocenters. The first-order chi connectivity index (χ1) is 10.7. The number of para-hydroxylation sites is 1. The van der Waals surface area contributed by atoms with Crippen LogP contribution in [-0.2, 0) is 10.5 Å². The lowest BCUT2D eigenvalue weighted by atomic mass is 10.3. The predicted octanol–water partition coefficient (Wildman–Crippen LogP) is 2.29. The number of hydrogen-bond donors (Lipinski definition) is 0. The molecule has 1 aromatic heterocycles. The van der Waals surface area contributed by atoms with E-state index in [4.69, 9.17) is 0 Å². The third-order valence-corrected chi connectivity index (χ3v) is 4.86. The predicted molar refractivity (Wildman–Crippen MR) is 86.7 cm³/mol. The van der Waals surface area contributed by atoms with Gasteiger partial charge >= 0.3 is 0 Å². The van der Waals surface area contributed by atoms with Crippen molar-refractivity contribution in [3.05, 3.63) is 36.2 Å². The van der Waals surface area contributed by atoms with Gasteiger partial charge in [0.05, 0.1) is 17.0 Å². The second kappa shape index (κ2) is 6.48. The molecular weight excluding hydrogens is 298 g/mol. The number of tetrazole rings is 1. The van der Waals surface area contributed by atoms with E-state index >= 15 is 0 Å². The highest BCUT2D eigenvalue weighted by molar-refractivity contribution is 7.99. The number of rotatable bonds is 6. The molecule has 3 rings (SSSR count). The maximum absolute atomic E-state index is 12.5. The average molecular weight is 317 g/mol. The van der Waals surface area contributed by atoms with Crippen LogP contribution in [0.15, 0.2) is 30.3 Å². The first kappa shape index (κ1) is 15.0. The summed E-state index contributed by atoms with van der Waals surface area (Å²) in [6.45, 7) is 1.93. The number of anilines is 1. The van der Waals surface area contributed by atoms with Crippen molar-refractivity contribution >= 4 is 23.4 Å².